The molecule has 0 amide bonds. The van der Waals surface area contributed by atoms with Crippen LogP contribution in [0.3, 0.4) is 0 Å². The number of fused-ring (bicyclic) bond motifs is 3. The number of nitrogens with zero attached hydrogens (tertiary/aromatic N) is 2. The summed E-state index contributed by atoms with van der Waals surface area (Å²) in [6, 6.07) is 11.9. The highest BCUT2D eigenvalue weighted by Crippen LogP contribution is 2.43. The number of hydrogen-bond acceptors (Lipinski definition) is 6. The van der Waals surface area contributed by atoms with Crippen molar-refractivity contribution in [1.29, 1.82) is 0 Å². The van der Waals surface area contributed by atoms with Crippen molar-refractivity contribution in [1.82, 2.24) is 4.31 Å². The molecule has 1 saturated carbocycles. The summed E-state index contributed by atoms with van der Waals surface area (Å²) in [5.74, 6) is -2.97. The summed E-state index contributed by atoms with van der Waals surface area (Å²) in [5.41, 5.74) is 2.41. The Bertz CT molecular complexity index is 1620. The van der Waals surface area contributed by atoms with E-state index in [4.69, 9.17) is 0 Å². The quantitative estimate of drug-likeness (QED) is 0.233. The van der Waals surface area contributed by atoms with Crippen LogP contribution in [-0.2, 0) is 9.84 Å². The van der Waals surface area contributed by atoms with Gasteiger partial charge in [-0.1, -0.05) is 26.0 Å². The minimum Gasteiger partial charge on any atom is -0.364 e. The van der Waals surface area contributed by atoms with Crippen molar-refractivity contribution in [3.8, 4) is 11.1 Å². The Labute approximate surface area is 242 Å². The van der Waals surface area contributed by atoms with Gasteiger partial charge in [0.05, 0.1) is 10.1 Å². The predicted molar refractivity (Wildman–Crippen MR) is 154 cm³/mol. The van der Waals surface area contributed by atoms with Gasteiger partial charge in [-0.2, -0.15) is 0 Å². The molecule has 2 aliphatic carbocycles. The molecule has 3 aromatic carbocycles. The van der Waals surface area contributed by atoms with Crippen molar-refractivity contribution in [3.63, 3.8) is 0 Å². The highest BCUT2D eigenvalue weighted by atomic mass is 32.2. The van der Waals surface area contributed by atoms with E-state index in [9.17, 15) is 26.4 Å². The second kappa shape index (κ2) is 10.5. The molecule has 6 rings (SSSR count). The van der Waals surface area contributed by atoms with Crippen LogP contribution in [0.25, 0.3) is 11.1 Å². The number of carbonyl (C=O) groups excluding carboxylic acids is 1. The summed E-state index contributed by atoms with van der Waals surface area (Å²) >= 11 is 1.46. The Balaban J connectivity index is 1.15. The highest BCUT2D eigenvalue weighted by Gasteiger charge is 2.36. The molecule has 0 N–H and O–H groups in total. The van der Waals surface area contributed by atoms with E-state index in [1.807, 2.05) is 18.2 Å². The molecular weight excluding hydrogens is 569 g/mol. The van der Waals surface area contributed by atoms with Gasteiger partial charge in [-0.3, -0.25) is 4.79 Å². The first-order valence-corrected chi connectivity index (χ1v) is 16.1. The molecule has 0 radical (unpaired) electrons. The maximum absolute atomic E-state index is 14.2. The molecule has 1 saturated heterocycles. The monoisotopic (exact) mass is 600 g/mol. The highest BCUT2D eigenvalue weighted by molar-refractivity contribution is 7.97. The van der Waals surface area contributed by atoms with E-state index in [0.29, 0.717) is 62.3 Å². The summed E-state index contributed by atoms with van der Waals surface area (Å²) in [5, 5.41) is -0.424. The number of anilines is 1. The summed E-state index contributed by atoms with van der Waals surface area (Å²) in [6.45, 7) is 6.07. The van der Waals surface area contributed by atoms with E-state index >= 15 is 0 Å². The van der Waals surface area contributed by atoms with Crippen molar-refractivity contribution in [2.75, 3.05) is 31.1 Å². The minimum atomic E-state index is -3.54. The van der Waals surface area contributed by atoms with Crippen LogP contribution in [0.2, 0.25) is 0 Å². The predicted octanol–water partition coefficient (Wildman–Crippen LogP) is 6.89. The van der Waals surface area contributed by atoms with E-state index in [0.717, 1.165) is 28.9 Å². The Kier molecular flexibility index (Phi) is 7.23. The van der Waals surface area contributed by atoms with Gasteiger partial charge in [-0.25, -0.2) is 25.9 Å². The van der Waals surface area contributed by atoms with Gasteiger partial charge in [0.25, 0.3) is 0 Å². The molecule has 5 nitrogen and oxygen atoms in total. The number of ketones is 1. The van der Waals surface area contributed by atoms with E-state index in [2.05, 4.69) is 18.2 Å². The average Bonchev–Trinajstić information content (AvgIpc) is 3.19. The van der Waals surface area contributed by atoms with Crippen molar-refractivity contribution in [3.05, 3.63) is 77.1 Å². The number of benzene rings is 3. The number of hydrogen-bond donors (Lipinski definition) is 0. The number of piperazine rings is 1. The van der Waals surface area contributed by atoms with Gasteiger partial charge in [0.2, 0.25) is 0 Å². The van der Waals surface area contributed by atoms with Crippen LogP contribution in [0.4, 0.5) is 18.9 Å². The number of carbonyl (C=O) groups is 1. The maximum Gasteiger partial charge on any atom is 0.194 e. The van der Waals surface area contributed by atoms with Crippen molar-refractivity contribution >= 4 is 33.3 Å². The molecular formula is C31H31F3N2O3S2. The zero-order valence-corrected chi connectivity index (χ0v) is 24.6. The lowest BCUT2D eigenvalue weighted by molar-refractivity contribution is 0.104. The molecule has 1 aliphatic heterocycles. The molecule has 1 heterocycles. The van der Waals surface area contributed by atoms with Crippen LogP contribution < -0.4 is 4.90 Å². The molecule has 10 heteroatoms. The van der Waals surface area contributed by atoms with E-state index in [-0.39, 0.29) is 21.8 Å². The lowest BCUT2D eigenvalue weighted by Crippen LogP contribution is -2.44. The fraction of sp³-hybridized carbons (Fsp3) is 0.387. The van der Waals surface area contributed by atoms with E-state index in [1.165, 1.54) is 11.9 Å². The van der Waals surface area contributed by atoms with Gasteiger partial charge in [0.1, 0.15) is 11.5 Å². The number of halogens is 3. The molecule has 41 heavy (non-hydrogen) atoms. The maximum atomic E-state index is 14.2. The Morgan fingerprint density at radius 2 is 1.39 bits per heavy atom. The van der Waals surface area contributed by atoms with Crippen LogP contribution in [-0.4, -0.2) is 49.9 Å². The molecule has 3 aliphatic rings. The van der Waals surface area contributed by atoms with Gasteiger partial charge in [0, 0.05) is 54.3 Å². The molecule has 0 spiro atoms. The average molecular weight is 601 g/mol. The lowest BCUT2D eigenvalue weighted by atomic mass is 9.77. The Hall–Kier alpha value is -2.82. The molecule has 0 atom stereocenters. The molecule has 0 unspecified atom stereocenters. The van der Waals surface area contributed by atoms with E-state index in [1.54, 1.807) is 23.1 Å². The summed E-state index contributed by atoms with van der Waals surface area (Å²) < 4.78 is 70.7. The molecule has 2 fully saturated rings. The van der Waals surface area contributed by atoms with E-state index < -0.39 is 32.5 Å². The standard InChI is InChI=1S/C31H31F3N2O3S2/c1-31(2)9-7-21(8-10-31)41(38,39)22-4-6-24-23-5-3-20(17-25(23)30(37)26(24)18-22)40-36-13-11-35(12-14-36)29-27(33)15-19(32)16-28(29)34/h3-6,15-18,21H,7-14H2,1-2H3. The fourth-order valence-electron chi connectivity index (χ4n) is 6.14. The van der Waals surface area contributed by atoms with Crippen molar-refractivity contribution < 1.29 is 26.4 Å². The molecule has 0 aromatic heterocycles. The van der Waals surface area contributed by atoms with Crippen LogP contribution in [0, 0.1) is 22.9 Å². The number of rotatable bonds is 5. The van der Waals surface area contributed by atoms with Gasteiger partial charge in [-0.15, -0.1) is 0 Å². The van der Waals surface area contributed by atoms with Gasteiger partial charge in [0.15, 0.2) is 27.3 Å². The fourth-order valence-corrected chi connectivity index (χ4v) is 8.86. The van der Waals surface area contributed by atoms with Crippen LogP contribution in [0.1, 0.15) is 55.5 Å². The summed E-state index contributed by atoms with van der Waals surface area (Å²) in [6.07, 6.45) is 2.98. The Morgan fingerprint density at radius 1 is 0.805 bits per heavy atom. The first-order chi connectivity index (χ1) is 19.4. The summed E-state index contributed by atoms with van der Waals surface area (Å²) in [4.78, 5) is 16.1. The third kappa shape index (κ3) is 5.30. The van der Waals surface area contributed by atoms with Crippen LogP contribution >= 0.6 is 11.9 Å². The first kappa shape index (κ1) is 28.3. The second-order valence-corrected chi connectivity index (χ2v) is 15.3. The summed E-state index contributed by atoms with van der Waals surface area (Å²) in [7, 11) is -3.54. The first-order valence-electron chi connectivity index (χ1n) is 13.8. The minimum absolute atomic E-state index is 0.156. The van der Waals surface area contributed by atoms with Gasteiger partial charge >= 0.3 is 0 Å². The van der Waals surface area contributed by atoms with Crippen LogP contribution in [0.15, 0.2) is 58.3 Å². The molecule has 0 bridgehead atoms. The van der Waals surface area contributed by atoms with Crippen molar-refractivity contribution in [2.24, 2.45) is 5.41 Å². The van der Waals surface area contributed by atoms with Gasteiger partial charge in [-0.05, 0) is 78.4 Å². The topological polar surface area (TPSA) is 57.7 Å². The largest absolute Gasteiger partial charge is 0.364 e. The zero-order valence-electron chi connectivity index (χ0n) is 22.9. The Morgan fingerprint density at radius 3 is 2.02 bits per heavy atom. The third-order valence-corrected chi connectivity index (χ3v) is 11.9. The second-order valence-electron chi connectivity index (χ2n) is 11.9. The number of sulfone groups is 1. The normalized spacial score (nSPS) is 19.3. The SMILES string of the molecule is CC1(C)CCC(S(=O)(=O)c2ccc3c(c2)C(=O)c2cc(SN4CCN(c5c(F)cc(F)cc5F)CC4)ccc2-3)CC1. The molecule has 3 aromatic rings. The zero-order chi connectivity index (χ0) is 29.1. The molecule has 216 valence electrons. The lowest BCUT2D eigenvalue weighted by Gasteiger charge is -2.35. The smallest absolute Gasteiger partial charge is 0.194 e. The van der Waals surface area contributed by atoms with Crippen molar-refractivity contribution in [2.45, 2.75) is 54.6 Å². The van der Waals surface area contributed by atoms with Gasteiger partial charge < -0.3 is 4.90 Å². The third-order valence-electron chi connectivity index (χ3n) is 8.59. The van der Waals surface area contributed by atoms with Crippen LogP contribution in [0.5, 0.6) is 0 Å².